The molecule has 0 amide bonds. The zero-order valence-corrected chi connectivity index (χ0v) is 17.4. The Bertz CT molecular complexity index is 1110. The van der Waals surface area contributed by atoms with E-state index in [4.69, 9.17) is 4.74 Å². The Hall–Kier alpha value is -2.48. The Kier molecular flexibility index (Phi) is 5.54. The highest BCUT2D eigenvalue weighted by atomic mass is 32.2. The van der Waals surface area contributed by atoms with Gasteiger partial charge >= 0.3 is 0 Å². The normalized spacial score (nSPS) is 18.5. The van der Waals surface area contributed by atoms with Crippen molar-refractivity contribution in [3.05, 3.63) is 60.4 Å². The maximum atomic E-state index is 13.5. The molecule has 29 heavy (non-hydrogen) atoms. The lowest BCUT2D eigenvalue weighted by atomic mass is 10.1. The summed E-state index contributed by atoms with van der Waals surface area (Å²) in [5, 5.41) is 4.64. The molecule has 4 rings (SSSR count). The van der Waals surface area contributed by atoms with Gasteiger partial charge in [0.05, 0.1) is 11.1 Å². The topological polar surface area (TPSA) is 71.5 Å². The second-order valence-electron chi connectivity index (χ2n) is 7.45. The Labute approximate surface area is 171 Å². The number of aryl methyl sites for hydroxylation is 1. The van der Waals surface area contributed by atoms with Gasteiger partial charge in [-0.05, 0) is 38.5 Å². The van der Waals surface area contributed by atoms with E-state index in [9.17, 15) is 8.42 Å². The fraction of sp³-hybridized carbons (Fsp3) is 0.318. The van der Waals surface area contributed by atoms with Gasteiger partial charge < -0.3 is 10.1 Å². The molecule has 1 N–H and O–H groups in total. The van der Waals surface area contributed by atoms with Crippen molar-refractivity contribution >= 4 is 20.8 Å². The van der Waals surface area contributed by atoms with E-state index in [1.165, 1.54) is 0 Å². The van der Waals surface area contributed by atoms with Crippen molar-refractivity contribution in [2.45, 2.75) is 31.2 Å². The molecule has 1 fully saturated rings. The SMILES string of the molecule is Cc1ccc(Oc2cncc3cccc(S(=O)(=O)N4CCNC(C)CC4)c23)cc1. The van der Waals surface area contributed by atoms with Crippen LogP contribution < -0.4 is 10.1 Å². The predicted octanol–water partition coefficient (Wildman–Crippen LogP) is 3.71. The van der Waals surface area contributed by atoms with Gasteiger partial charge in [-0.2, -0.15) is 4.31 Å². The first-order valence-corrected chi connectivity index (χ1v) is 11.2. The number of rotatable bonds is 4. The third-order valence-corrected chi connectivity index (χ3v) is 7.18. The lowest BCUT2D eigenvalue weighted by molar-refractivity contribution is 0.429. The minimum atomic E-state index is -3.67. The molecule has 1 atom stereocenters. The molecule has 1 saturated heterocycles. The number of benzene rings is 2. The van der Waals surface area contributed by atoms with E-state index in [1.807, 2.05) is 37.3 Å². The number of pyridine rings is 1. The van der Waals surface area contributed by atoms with Crippen LogP contribution in [0.5, 0.6) is 11.5 Å². The number of hydrogen-bond acceptors (Lipinski definition) is 5. The maximum Gasteiger partial charge on any atom is 0.243 e. The first-order chi connectivity index (χ1) is 13.9. The highest BCUT2D eigenvalue weighted by molar-refractivity contribution is 7.89. The first kappa shape index (κ1) is 19.8. The van der Waals surface area contributed by atoms with Crippen molar-refractivity contribution < 1.29 is 13.2 Å². The standard InChI is InChI=1S/C22H25N3O3S/c1-16-6-8-19(9-7-16)28-20-15-23-14-18-4-3-5-21(22(18)20)29(26,27)25-12-10-17(2)24-11-13-25/h3-9,14-15,17,24H,10-13H2,1-2H3. The van der Waals surface area contributed by atoms with E-state index in [1.54, 1.807) is 28.8 Å². The van der Waals surface area contributed by atoms with Crippen molar-refractivity contribution in [2.75, 3.05) is 19.6 Å². The summed E-state index contributed by atoms with van der Waals surface area (Å²) >= 11 is 0. The average molecular weight is 412 g/mol. The summed E-state index contributed by atoms with van der Waals surface area (Å²) in [5.74, 6) is 1.08. The van der Waals surface area contributed by atoms with Gasteiger partial charge in [-0.25, -0.2) is 8.42 Å². The van der Waals surface area contributed by atoms with Gasteiger partial charge in [0, 0.05) is 42.6 Å². The number of sulfonamides is 1. The highest BCUT2D eigenvalue weighted by Gasteiger charge is 2.29. The van der Waals surface area contributed by atoms with Crippen molar-refractivity contribution in [2.24, 2.45) is 0 Å². The van der Waals surface area contributed by atoms with Crippen LogP contribution >= 0.6 is 0 Å². The second-order valence-corrected chi connectivity index (χ2v) is 9.36. The molecule has 1 aromatic heterocycles. The summed E-state index contributed by atoms with van der Waals surface area (Å²) in [4.78, 5) is 4.50. The van der Waals surface area contributed by atoms with E-state index < -0.39 is 10.0 Å². The van der Waals surface area contributed by atoms with Crippen molar-refractivity contribution in [1.29, 1.82) is 0 Å². The van der Waals surface area contributed by atoms with E-state index in [0.717, 1.165) is 17.4 Å². The monoisotopic (exact) mass is 411 g/mol. The van der Waals surface area contributed by atoms with Crippen LogP contribution in [0.1, 0.15) is 18.9 Å². The molecule has 0 aliphatic carbocycles. The molecule has 0 radical (unpaired) electrons. The molecule has 2 aromatic carbocycles. The van der Waals surface area contributed by atoms with Gasteiger partial charge in [0.15, 0.2) is 5.75 Å². The van der Waals surface area contributed by atoms with Gasteiger partial charge in [-0.15, -0.1) is 0 Å². The quantitative estimate of drug-likeness (QED) is 0.709. The maximum absolute atomic E-state index is 13.5. The molecule has 3 aromatic rings. The average Bonchev–Trinajstić information content (AvgIpc) is 2.94. The third-order valence-electron chi connectivity index (χ3n) is 5.24. The predicted molar refractivity (Wildman–Crippen MR) is 114 cm³/mol. The van der Waals surface area contributed by atoms with Crippen LogP contribution in [0.2, 0.25) is 0 Å². The smallest absolute Gasteiger partial charge is 0.243 e. The molecule has 1 aliphatic heterocycles. The summed E-state index contributed by atoms with van der Waals surface area (Å²) in [7, 11) is -3.67. The summed E-state index contributed by atoms with van der Waals surface area (Å²) in [5.41, 5.74) is 1.13. The number of nitrogens with zero attached hydrogens (tertiary/aromatic N) is 2. The Balaban J connectivity index is 1.79. The van der Waals surface area contributed by atoms with Gasteiger partial charge in [0.2, 0.25) is 10.0 Å². The lowest BCUT2D eigenvalue weighted by Crippen LogP contribution is -2.34. The molecule has 1 aliphatic rings. The van der Waals surface area contributed by atoms with Crippen LogP contribution in [0, 0.1) is 6.92 Å². The van der Waals surface area contributed by atoms with Crippen molar-refractivity contribution in [3.63, 3.8) is 0 Å². The van der Waals surface area contributed by atoms with Crippen LogP contribution in [0.3, 0.4) is 0 Å². The van der Waals surface area contributed by atoms with Crippen LogP contribution in [0.25, 0.3) is 10.8 Å². The van der Waals surface area contributed by atoms with Gasteiger partial charge in [0.1, 0.15) is 5.75 Å². The van der Waals surface area contributed by atoms with Gasteiger partial charge in [0.25, 0.3) is 0 Å². The Morgan fingerprint density at radius 1 is 1.10 bits per heavy atom. The summed E-state index contributed by atoms with van der Waals surface area (Å²) in [6.07, 6.45) is 4.02. The van der Waals surface area contributed by atoms with Crippen molar-refractivity contribution in [3.8, 4) is 11.5 Å². The Morgan fingerprint density at radius 3 is 2.69 bits per heavy atom. The number of fused-ring (bicyclic) bond motifs is 1. The zero-order valence-electron chi connectivity index (χ0n) is 16.6. The fourth-order valence-electron chi connectivity index (χ4n) is 3.56. The molecule has 7 heteroatoms. The summed E-state index contributed by atoms with van der Waals surface area (Å²) in [6, 6.07) is 13.2. The fourth-order valence-corrected chi connectivity index (χ4v) is 5.24. The molecule has 152 valence electrons. The molecule has 6 nitrogen and oxygen atoms in total. The first-order valence-electron chi connectivity index (χ1n) is 9.80. The molecular formula is C22H25N3O3S. The molecular weight excluding hydrogens is 386 g/mol. The zero-order chi connectivity index (χ0) is 20.4. The van der Waals surface area contributed by atoms with E-state index in [2.05, 4.69) is 17.2 Å². The van der Waals surface area contributed by atoms with Gasteiger partial charge in [-0.1, -0.05) is 29.8 Å². The molecule has 0 saturated carbocycles. The van der Waals surface area contributed by atoms with E-state index in [-0.39, 0.29) is 4.90 Å². The van der Waals surface area contributed by atoms with E-state index >= 15 is 0 Å². The molecule has 0 bridgehead atoms. The molecule has 2 heterocycles. The summed E-state index contributed by atoms with van der Waals surface area (Å²) < 4.78 is 34.7. The number of hydrogen-bond donors (Lipinski definition) is 1. The second kappa shape index (κ2) is 8.10. The minimum Gasteiger partial charge on any atom is -0.455 e. The van der Waals surface area contributed by atoms with Gasteiger partial charge in [-0.3, -0.25) is 4.98 Å². The molecule has 0 spiro atoms. The largest absolute Gasteiger partial charge is 0.455 e. The highest BCUT2D eigenvalue weighted by Crippen LogP contribution is 2.35. The minimum absolute atomic E-state index is 0.258. The number of aromatic nitrogens is 1. The van der Waals surface area contributed by atoms with Crippen LogP contribution in [0.15, 0.2) is 59.8 Å². The van der Waals surface area contributed by atoms with Crippen LogP contribution in [-0.4, -0.2) is 43.4 Å². The third kappa shape index (κ3) is 4.12. The van der Waals surface area contributed by atoms with Crippen LogP contribution in [-0.2, 0) is 10.0 Å². The lowest BCUT2D eigenvalue weighted by Gasteiger charge is -2.21. The van der Waals surface area contributed by atoms with Crippen molar-refractivity contribution in [1.82, 2.24) is 14.6 Å². The van der Waals surface area contributed by atoms with Crippen LogP contribution in [0.4, 0.5) is 0 Å². The Morgan fingerprint density at radius 2 is 1.90 bits per heavy atom. The van der Waals surface area contributed by atoms with E-state index in [0.29, 0.717) is 42.6 Å². The number of nitrogens with one attached hydrogen (secondary N) is 1. The summed E-state index contributed by atoms with van der Waals surface area (Å²) in [6.45, 7) is 5.66. The molecule has 1 unspecified atom stereocenters. The number of ether oxygens (including phenoxy) is 1.